The van der Waals surface area contributed by atoms with Crippen LogP contribution < -0.4 is 5.32 Å². The fourth-order valence-electron chi connectivity index (χ4n) is 5.24. The van der Waals surface area contributed by atoms with Crippen molar-refractivity contribution in [2.24, 2.45) is 5.92 Å². The number of carboxylic acid groups (broad SMARTS) is 1. The molecule has 1 atom stereocenters. The maximum atomic E-state index is 13.8. The fraction of sp³-hybridized carbons (Fsp3) is 0.407. The van der Waals surface area contributed by atoms with E-state index in [-0.39, 0.29) is 56.6 Å². The highest BCUT2D eigenvalue weighted by Crippen LogP contribution is 2.30. The second kappa shape index (κ2) is 12.8. The maximum Gasteiger partial charge on any atom is 0.305 e. The molecule has 2 N–H and O–H groups in total. The summed E-state index contributed by atoms with van der Waals surface area (Å²) in [5.74, 6) is -2.73. The summed E-state index contributed by atoms with van der Waals surface area (Å²) in [7, 11) is 0. The summed E-state index contributed by atoms with van der Waals surface area (Å²) in [4.78, 5) is 55.2. The van der Waals surface area contributed by atoms with Gasteiger partial charge in [-0.1, -0.05) is 65.7 Å². The molecule has 0 radical (unpaired) electrons. The lowest BCUT2D eigenvalue weighted by atomic mass is 9.82. The van der Waals surface area contributed by atoms with Crippen LogP contribution in [0.15, 0.2) is 36.4 Å². The summed E-state index contributed by atoms with van der Waals surface area (Å²) in [6.45, 7) is 0.133. The zero-order valence-corrected chi connectivity index (χ0v) is 23.9. The number of nitrogens with zero attached hydrogens (tertiary/aromatic N) is 2. The summed E-state index contributed by atoms with van der Waals surface area (Å²) in [5.41, 5.74) is 0.390. The Morgan fingerprint density at radius 2 is 1.28 bits per heavy atom. The van der Waals surface area contributed by atoms with Crippen LogP contribution in [0.2, 0.25) is 20.1 Å². The first-order valence-electron chi connectivity index (χ1n) is 12.6. The second-order valence-electron chi connectivity index (χ2n) is 9.74. The summed E-state index contributed by atoms with van der Waals surface area (Å²) in [6.07, 6.45) is 2.96. The molecule has 0 spiro atoms. The predicted molar refractivity (Wildman–Crippen MR) is 150 cm³/mol. The van der Waals surface area contributed by atoms with Crippen molar-refractivity contribution in [1.82, 2.24) is 15.1 Å². The first-order valence-corrected chi connectivity index (χ1v) is 14.1. The topological polar surface area (TPSA) is 107 Å². The Kier molecular flexibility index (Phi) is 9.64. The molecule has 12 heteroatoms. The number of hydrogen-bond acceptors (Lipinski definition) is 4. The highest BCUT2D eigenvalue weighted by Gasteiger charge is 2.44. The SMILES string of the molecule is O=C(O)CC(NC(=O)C1N(C(=O)c2ccc(Cl)c(Cl)c2)CCN1C(=O)c1ccc(Cl)c(Cl)c1)C1CCCCC1. The van der Waals surface area contributed by atoms with Crippen molar-refractivity contribution in [3.05, 3.63) is 67.6 Å². The molecule has 1 saturated carbocycles. The van der Waals surface area contributed by atoms with Crippen LogP contribution in [0.25, 0.3) is 0 Å². The normalized spacial score (nSPS) is 17.2. The van der Waals surface area contributed by atoms with E-state index in [0.717, 1.165) is 32.1 Å². The number of halogens is 4. The molecule has 0 bridgehead atoms. The van der Waals surface area contributed by atoms with Gasteiger partial charge in [0.15, 0.2) is 6.17 Å². The number of benzene rings is 2. The second-order valence-corrected chi connectivity index (χ2v) is 11.4. The van der Waals surface area contributed by atoms with Crippen molar-refractivity contribution in [2.75, 3.05) is 13.1 Å². The summed E-state index contributed by atoms with van der Waals surface area (Å²) in [6, 6.07) is 8.10. The average molecular weight is 615 g/mol. The van der Waals surface area contributed by atoms with E-state index >= 15 is 0 Å². The predicted octanol–water partition coefficient (Wildman–Crippen LogP) is 5.76. The van der Waals surface area contributed by atoms with Gasteiger partial charge in [-0.2, -0.15) is 0 Å². The number of rotatable bonds is 7. The highest BCUT2D eigenvalue weighted by atomic mass is 35.5. The standard InChI is InChI=1S/C27H27Cl4N3O5/c28-18-8-6-16(12-20(18)30)26(38)33-10-11-34(27(39)17-7-9-19(29)21(31)13-17)25(33)24(37)32-22(14-23(35)36)15-4-2-1-3-5-15/h6-9,12-13,15,22,25H,1-5,10-11,14H2,(H,32,37)(H,35,36). The number of nitrogens with one attached hydrogen (secondary N) is 1. The Bertz CT molecular complexity index is 1210. The van der Waals surface area contributed by atoms with E-state index in [1.54, 1.807) is 0 Å². The van der Waals surface area contributed by atoms with Crippen molar-refractivity contribution in [2.45, 2.75) is 50.7 Å². The van der Waals surface area contributed by atoms with Gasteiger partial charge in [0.2, 0.25) is 0 Å². The molecule has 1 aliphatic carbocycles. The molecule has 208 valence electrons. The molecule has 2 aromatic rings. The molecule has 1 unspecified atom stereocenters. The van der Waals surface area contributed by atoms with E-state index in [1.807, 2.05) is 0 Å². The fourth-order valence-corrected chi connectivity index (χ4v) is 5.84. The van der Waals surface area contributed by atoms with Crippen molar-refractivity contribution in [1.29, 1.82) is 0 Å². The highest BCUT2D eigenvalue weighted by molar-refractivity contribution is 6.42. The molecule has 1 aliphatic heterocycles. The zero-order chi connectivity index (χ0) is 28.3. The molecule has 4 rings (SSSR count). The van der Waals surface area contributed by atoms with Gasteiger partial charge >= 0.3 is 5.97 Å². The van der Waals surface area contributed by atoms with E-state index in [4.69, 9.17) is 46.4 Å². The third-order valence-corrected chi connectivity index (χ3v) is 8.68. The van der Waals surface area contributed by atoms with Gasteiger partial charge < -0.3 is 20.2 Å². The Labute approximate surface area is 246 Å². The number of amides is 3. The van der Waals surface area contributed by atoms with Crippen molar-refractivity contribution < 1.29 is 24.3 Å². The number of hydrogen-bond donors (Lipinski definition) is 2. The Hall–Kier alpha value is -2.52. The van der Waals surface area contributed by atoms with Crippen molar-refractivity contribution in [3.63, 3.8) is 0 Å². The van der Waals surface area contributed by atoms with E-state index in [0.29, 0.717) is 0 Å². The minimum Gasteiger partial charge on any atom is -0.481 e. The summed E-state index contributed by atoms with van der Waals surface area (Å²) in [5, 5.41) is 13.3. The van der Waals surface area contributed by atoms with Crippen LogP contribution in [-0.4, -0.2) is 63.9 Å². The van der Waals surface area contributed by atoms with Gasteiger partial charge in [-0.05, 0) is 55.2 Å². The molecule has 3 amide bonds. The van der Waals surface area contributed by atoms with Gasteiger partial charge in [0.25, 0.3) is 17.7 Å². The lowest BCUT2D eigenvalue weighted by Crippen LogP contribution is -2.57. The van der Waals surface area contributed by atoms with Gasteiger partial charge in [0.1, 0.15) is 0 Å². The van der Waals surface area contributed by atoms with Gasteiger partial charge in [0, 0.05) is 30.3 Å². The minimum atomic E-state index is -1.33. The number of carboxylic acids is 1. The third-order valence-electron chi connectivity index (χ3n) is 7.20. The van der Waals surface area contributed by atoms with E-state index < -0.39 is 35.9 Å². The molecular formula is C27H27Cl4N3O5. The van der Waals surface area contributed by atoms with Crippen LogP contribution in [0, 0.1) is 5.92 Å². The molecule has 1 heterocycles. The number of carbonyl (C=O) groups is 4. The lowest BCUT2D eigenvalue weighted by Gasteiger charge is -2.34. The molecule has 0 aromatic heterocycles. The Morgan fingerprint density at radius 1 is 0.795 bits per heavy atom. The van der Waals surface area contributed by atoms with Crippen LogP contribution in [-0.2, 0) is 9.59 Å². The molecule has 2 aliphatic rings. The largest absolute Gasteiger partial charge is 0.481 e. The molecule has 39 heavy (non-hydrogen) atoms. The Morgan fingerprint density at radius 3 is 1.72 bits per heavy atom. The average Bonchev–Trinajstić information content (AvgIpc) is 3.36. The first kappa shape index (κ1) is 29.5. The smallest absolute Gasteiger partial charge is 0.305 e. The van der Waals surface area contributed by atoms with Crippen LogP contribution >= 0.6 is 46.4 Å². The van der Waals surface area contributed by atoms with E-state index in [2.05, 4.69) is 5.32 Å². The molecule has 2 aromatic carbocycles. The molecule has 8 nitrogen and oxygen atoms in total. The lowest BCUT2D eigenvalue weighted by molar-refractivity contribution is -0.138. The molecule has 1 saturated heterocycles. The quantitative estimate of drug-likeness (QED) is 0.412. The van der Waals surface area contributed by atoms with Gasteiger partial charge in [-0.3, -0.25) is 19.2 Å². The van der Waals surface area contributed by atoms with E-state index in [9.17, 15) is 24.3 Å². The molecular weight excluding hydrogens is 588 g/mol. The van der Waals surface area contributed by atoms with Crippen molar-refractivity contribution >= 4 is 70.1 Å². The minimum absolute atomic E-state index is 0.0151. The van der Waals surface area contributed by atoms with Gasteiger partial charge in [0.05, 0.1) is 26.5 Å². The van der Waals surface area contributed by atoms with Crippen LogP contribution in [0.4, 0.5) is 0 Å². The third kappa shape index (κ3) is 6.80. The first-order chi connectivity index (χ1) is 18.6. The van der Waals surface area contributed by atoms with Crippen LogP contribution in [0.1, 0.15) is 59.2 Å². The van der Waals surface area contributed by atoms with Crippen molar-refractivity contribution in [3.8, 4) is 0 Å². The molecule has 2 fully saturated rings. The van der Waals surface area contributed by atoms with E-state index in [1.165, 1.54) is 46.2 Å². The zero-order valence-electron chi connectivity index (χ0n) is 20.8. The number of aliphatic carboxylic acids is 1. The summed E-state index contributed by atoms with van der Waals surface area (Å²) >= 11 is 24.3. The summed E-state index contributed by atoms with van der Waals surface area (Å²) < 4.78 is 0. The number of carbonyl (C=O) groups excluding carboxylic acids is 3. The van der Waals surface area contributed by atoms with Crippen LogP contribution in [0.3, 0.4) is 0 Å². The van der Waals surface area contributed by atoms with Crippen LogP contribution in [0.5, 0.6) is 0 Å². The van der Waals surface area contributed by atoms with Gasteiger partial charge in [-0.15, -0.1) is 0 Å². The maximum absolute atomic E-state index is 13.8. The Balaban J connectivity index is 1.67. The van der Waals surface area contributed by atoms with Gasteiger partial charge in [-0.25, -0.2) is 0 Å². The monoisotopic (exact) mass is 613 g/mol.